The SMILES string of the molecule is CCOc1nc2c(c3c(C)c(-c4ccccc4)c(C)c(C)c13)-c1ccccc1C2. The van der Waals surface area contributed by atoms with Gasteiger partial charge in [-0.3, -0.25) is 0 Å². The van der Waals surface area contributed by atoms with Crippen LogP contribution in [0.5, 0.6) is 5.88 Å². The van der Waals surface area contributed by atoms with E-state index in [-0.39, 0.29) is 0 Å². The van der Waals surface area contributed by atoms with Crippen molar-refractivity contribution < 1.29 is 4.74 Å². The number of nitrogens with zero attached hydrogens (tertiary/aromatic N) is 1. The maximum atomic E-state index is 6.07. The Morgan fingerprint density at radius 3 is 2.28 bits per heavy atom. The summed E-state index contributed by atoms with van der Waals surface area (Å²) in [6.45, 7) is 9.34. The van der Waals surface area contributed by atoms with Gasteiger partial charge in [-0.2, -0.15) is 0 Å². The first-order valence-electron chi connectivity index (χ1n) is 10.3. The number of ether oxygens (including phenoxy) is 1. The van der Waals surface area contributed by atoms with Crippen molar-refractivity contribution in [2.24, 2.45) is 0 Å². The molecule has 1 aliphatic carbocycles. The third kappa shape index (κ3) is 2.59. The monoisotopic (exact) mass is 379 g/mol. The molecule has 1 aromatic heterocycles. The molecule has 144 valence electrons. The van der Waals surface area contributed by atoms with Crippen LogP contribution in [-0.4, -0.2) is 11.6 Å². The molecule has 0 radical (unpaired) electrons. The summed E-state index contributed by atoms with van der Waals surface area (Å²) in [5.74, 6) is 0.775. The van der Waals surface area contributed by atoms with Gasteiger partial charge in [0.2, 0.25) is 5.88 Å². The maximum Gasteiger partial charge on any atom is 0.221 e. The van der Waals surface area contributed by atoms with Crippen LogP contribution in [0.3, 0.4) is 0 Å². The zero-order valence-electron chi connectivity index (χ0n) is 17.5. The lowest BCUT2D eigenvalue weighted by atomic mass is 9.85. The first-order valence-corrected chi connectivity index (χ1v) is 10.3. The zero-order chi connectivity index (χ0) is 20.1. The molecule has 0 spiro atoms. The Morgan fingerprint density at radius 1 is 0.793 bits per heavy atom. The second-order valence-electron chi connectivity index (χ2n) is 7.87. The molecule has 2 nitrogen and oxygen atoms in total. The molecule has 3 aromatic carbocycles. The summed E-state index contributed by atoms with van der Waals surface area (Å²) >= 11 is 0. The van der Waals surface area contributed by atoms with E-state index in [4.69, 9.17) is 9.72 Å². The van der Waals surface area contributed by atoms with Crippen molar-refractivity contribution in [2.75, 3.05) is 6.61 Å². The molecule has 2 heteroatoms. The lowest BCUT2D eigenvalue weighted by Gasteiger charge is -2.21. The predicted octanol–water partition coefficient (Wildman–Crippen LogP) is 6.80. The molecule has 0 N–H and O–H groups in total. The minimum Gasteiger partial charge on any atom is -0.478 e. The first-order chi connectivity index (χ1) is 14.1. The number of benzene rings is 3. The van der Waals surface area contributed by atoms with E-state index in [0.29, 0.717) is 6.61 Å². The molecule has 1 aliphatic rings. The van der Waals surface area contributed by atoms with Crippen LogP contribution in [0, 0.1) is 20.8 Å². The minimum atomic E-state index is 0.617. The fourth-order valence-electron chi connectivity index (χ4n) is 4.91. The summed E-state index contributed by atoms with van der Waals surface area (Å²) in [5, 5.41) is 2.46. The quantitative estimate of drug-likeness (QED) is 0.344. The van der Waals surface area contributed by atoms with Crippen LogP contribution in [-0.2, 0) is 6.42 Å². The van der Waals surface area contributed by atoms with Gasteiger partial charge in [-0.15, -0.1) is 0 Å². The van der Waals surface area contributed by atoms with Crippen LogP contribution in [0.4, 0.5) is 0 Å². The van der Waals surface area contributed by atoms with Gasteiger partial charge in [-0.05, 0) is 66.6 Å². The van der Waals surface area contributed by atoms with Gasteiger partial charge in [0.05, 0.1) is 12.3 Å². The number of aryl methyl sites for hydroxylation is 2. The predicted molar refractivity (Wildman–Crippen MR) is 121 cm³/mol. The number of hydrogen-bond donors (Lipinski definition) is 0. The summed E-state index contributed by atoms with van der Waals surface area (Å²) < 4.78 is 6.07. The van der Waals surface area contributed by atoms with Crippen LogP contribution < -0.4 is 4.74 Å². The van der Waals surface area contributed by atoms with E-state index >= 15 is 0 Å². The van der Waals surface area contributed by atoms with Gasteiger partial charge in [0.15, 0.2) is 0 Å². The van der Waals surface area contributed by atoms with Crippen molar-refractivity contribution in [3.63, 3.8) is 0 Å². The average molecular weight is 380 g/mol. The lowest BCUT2D eigenvalue weighted by Crippen LogP contribution is -2.03. The highest BCUT2D eigenvalue weighted by Gasteiger charge is 2.28. The Morgan fingerprint density at radius 2 is 1.52 bits per heavy atom. The standard InChI is InChI=1S/C27H25NO/c1-5-29-27-25-17(3)16(2)23(19-11-7-6-8-12-19)18(4)24(25)26-21-14-10-9-13-20(21)15-22(26)28-27/h6-14H,5,15H2,1-4H3. The normalized spacial score (nSPS) is 12.1. The van der Waals surface area contributed by atoms with E-state index in [0.717, 1.165) is 23.4 Å². The van der Waals surface area contributed by atoms with Gasteiger partial charge in [-0.25, -0.2) is 4.98 Å². The number of fused-ring (bicyclic) bond motifs is 5. The largest absolute Gasteiger partial charge is 0.478 e. The smallest absolute Gasteiger partial charge is 0.221 e. The summed E-state index contributed by atoms with van der Waals surface area (Å²) in [4.78, 5) is 5.01. The highest BCUT2D eigenvalue weighted by Crippen LogP contribution is 2.48. The van der Waals surface area contributed by atoms with E-state index < -0.39 is 0 Å². The van der Waals surface area contributed by atoms with Crippen molar-refractivity contribution in [2.45, 2.75) is 34.1 Å². The van der Waals surface area contributed by atoms with Crippen molar-refractivity contribution >= 4 is 10.8 Å². The highest BCUT2D eigenvalue weighted by atomic mass is 16.5. The molecule has 0 fully saturated rings. The van der Waals surface area contributed by atoms with Crippen molar-refractivity contribution in [1.29, 1.82) is 0 Å². The average Bonchev–Trinajstić information content (AvgIpc) is 3.10. The van der Waals surface area contributed by atoms with Crippen LogP contribution in [0.25, 0.3) is 33.0 Å². The Hall–Kier alpha value is -3.13. The topological polar surface area (TPSA) is 22.1 Å². The Bertz CT molecular complexity index is 1260. The number of hydrogen-bond acceptors (Lipinski definition) is 2. The van der Waals surface area contributed by atoms with Gasteiger partial charge in [-0.1, -0.05) is 54.6 Å². The van der Waals surface area contributed by atoms with E-state index in [2.05, 4.69) is 75.4 Å². The van der Waals surface area contributed by atoms with Crippen LogP contribution in [0.2, 0.25) is 0 Å². The Balaban J connectivity index is 1.97. The van der Waals surface area contributed by atoms with Gasteiger partial charge in [0.25, 0.3) is 0 Å². The van der Waals surface area contributed by atoms with Crippen molar-refractivity contribution in [3.05, 3.63) is 82.5 Å². The Labute approximate surface area is 172 Å². The van der Waals surface area contributed by atoms with Crippen molar-refractivity contribution in [1.82, 2.24) is 4.98 Å². The molecule has 0 amide bonds. The second-order valence-corrected chi connectivity index (χ2v) is 7.87. The highest BCUT2D eigenvalue weighted by molar-refractivity contribution is 6.09. The molecule has 0 saturated carbocycles. The minimum absolute atomic E-state index is 0.617. The Kier molecular flexibility index (Phi) is 4.16. The molecule has 0 bridgehead atoms. The summed E-state index contributed by atoms with van der Waals surface area (Å²) in [6.07, 6.45) is 0.870. The van der Waals surface area contributed by atoms with Gasteiger partial charge in [0.1, 0.15) is 0 Å². The number of rotatable bonds is 3. The molecule has 0 unspecified atom stereocenters. The first kappa shape index (κ1) is 17.9. The third-order valence-corrected chi connectivity index (χ3v) is 6.29. The molecular weight excluding hydrogens is 354 g/mol. The zero-order valence-corrected chi connectivity index (χ0v) is 17.5. The number of pyridine rings is 1. The van der Waals surface area contributed by atoms with E-state index in [1.807, 2.05) is 6.92 Å². The fourth-order valence-corrected chi connectivity index (χ4v) is 4.91. The second kappa shape index (κ2) is 6.73. The lowest BCUT2D eigenvalue weighted by molar-refractivity contribution is 0.330. The van der Waals surface area contributed by atoms with Gasteiger partial charge < -0.3 is 4.74 Å². The summed E-state index contributed by atoms with van der Waals surface area (Å²) in [5.41, 5.74) is 11.5. The molecule has 5 rings (SSSR count). The third-order valence-electron chi connectivity index (χ3n) is 6.29. The molecule has 1 heterocycles. The molecule has 0 saturated heterocycles. The van der Waals surface area contributed by atoms with E-state index in [1.165, 1.54) is 49.9 Å². The summed E-state index contributed by atoms with van der Waals surface area (Å²) in [7, 11) is 0. The van der Waals surface area contributed by atoms with Gasteiger partial charge >= 0.3 is 0 Å². The van der Waals surface area contributed by atoms with Crippen LogP contribution >= 0.6 is 0 Å². The molecular formula is C27H25NO. The van der Waals surface area contributed by atoms with E-state index in [9.17, 15) is 0 Å². The van der Waals surface area contributed by atoms with Gasteiger partial charge in [0, 0.05) is 22.8 Å². The summed E-state index contributed by atoms with van der Waals surface area (Å²) in [6, 6.07) is 19.4. The van der Waals surface area contributed by atoms with E-state index in [1.54, 1.807) is 0 Å². The fraction of sp³-hybridized carbons (Fsp3) is 0.222. The van der Waals surface area contributed by atoms with Crippen LogP contribution in [0.15, 0.2) is 54.6 Å². The number of aromatic nitrogens is 1. The maximum absolute atomic E-state index is 6.07. The van der Waals surface area contributed by atoms with Crippen molar-refractivity contribution in [3.8, 4) is 28.1 Å². The molecule has 29 heavy (non-hydrogen) atoms. The van der Waals surface area contributed by atoms with Crippen LogP contribution in [0.1, 0.15) is 34.9 Å². The molecule has 0 atom stereocenters. The molecule has 4 aromatic rings. The molecule has 0 aliphatic heterocycles.